The Balaban J connectivity index is 1.51. The summed E-state index contributed by atoms with van der Waals surface area (Å²) < 4.78 is 21.0. The minimum Gasteiger partial charge on any atom is -0.462 e. The number of ether oxygens (including phenoxy) is 4. The quantitative estimate of drug-likeness (QED) is 0.0680. The molecule has 4 aromatic carbocycles. The summed E-state index contributed by atoms with van der Waals surface area (Å²) in [6.45, 7) is 3.73. The van der Waals surface area contributed by atoms with Crippen LogP contribution in [0.25, 0.3) is 0 Å². The van der Waals surface area contributed by atoms with Gasteiger partial charge in [-0.3, -0.25) is 0 Å². The minimum atomic E-state index is -1.68. The monoisotopic (exact) mass is 770 g/mol. The topological polar surface area (TPSA) is 105 Å². The second-order valence-corrected chi connectivity index (χ2v) is 12.6. The van der Waals surface area contributed by atoms with Gasteiger partial charge in [0.05, 0.1) is 43.3 Å². The first-order valence-corrected chi connectivity index (χ1v) is 16.3. The molecule has 0 amide bonds. The Labute approximate surface area is 305 Å². The van der Waals surface area contributed by atoms with Gasteiger partial charge in [-0.2, -0.15) is 0 Å². The molecule has 0 aliphatic rings. The van der Waals surface area contributed by atoms with Crippen molar-refractivity contribution in [1.82, 2.24) is 0 Å². The molecule has 0 fully saturated rings. The molecular weight excluding hydrogens is 749 g/mol. The first kappa shape index (κ1) is 37.3. The van der Waals surface area contributed by atoms with Crippen molar-refractivity contribution < 1.29 is 38.1 Å². The molecule has 0 aliphatic carbocycles. The lowest BCUT2D eigenvalue weighted by atomic mass is 10.1. The SMILES string of the molecule is Cc1ccc(CCOC(=O)c2c(Cl)c(Cl)cc(Cl)c2OC(=O)C(=O)Oc2c(Cl)cc(Cl)c(Cl)c2C(=O)OCCc2ccc(C)cc2)cc1. The number of hydrogen-bond acceptors (Lipinski definition) is 8. The predicted octanol–water partition coefficient (Wildman–Crippen LogP) is 9.53. The molecule has 0 spiro atoms. The minimum absolute atomic E-state index is 0.0719. The van der Waals surface area contributed by atoms with Gasteiger partial charge in [-0.15, -0.1) is 0 Å². The van der Waals surface area contributed by atoms with Crippen LogP contribution >= 0.6 is 69.6 Å². The average molecular weight is 773 g/mol. The number of carbonyl (C=O) groups excluding carboxylic acids is 4. The summed E-state index contributed by atoms with van der Waals surface area (Å²) in [4.78, 5) is 52.1. The Kier molecular flexibility index (Phi) is 13.0. The zero-order valence-corrected chi connectivity index (χ0v) is 29.7. The highest BCUT2D eigenvalue weighted by Gasteiger charge is 2.32. The van der Waals surface area contributed by atoms with E-state index in [0.29, 0.717) is 12.8 Å². The van der Waals surface area contributed by atoms with E-state index in [-0.39, 0.29) is 43.3 Å². The van der Waals surface area contributed by atoms with Gasteiger partial charge in [-0.25, -0.2) is 19.2 Å². The van der Waals surface area contributed by atoms with E-state index < -0.39 is 46.5 Å². The second kappa shape index (κ2) is 16.7. The lowest BCUT2D eigenvalue weighted by molar-refractivity contribution is -0.156. The van der Waals surface area contributed by atoms with Gasteiger partial charge in [0.15, 0.2) is 11.5 Å². The summed E-state index contributed by atoms with van der Waals surface area (Å²) in [5, 5.41) is -1.69. The molecule has 0 heterocycles. The largest absolute Gasteiger partial charge is 0.462 e. The molecule has 0 atom stereocenters. The Morgan fingerprint density at radius 2 is 0.854 bits per heavy atom. The van der Waals surface area contributed by atoms with E-state index >= 15 is 0 Å². The van der Waals surface area contributed by atoms with Crippen LogP contribution in [-0.2, 0) is 31.9 Å². The number of halogens is 6. The molecular formula is C34H24Cl6O8. The number of rotatable bonds is 10. The van der Waals surface area contributed by atoms with Gasteiger partial charge in [-0.05, 0) is 37.1 Å². The molecule has 0 N–H and O–H groups in total. The van der Waals surface area contributed by atoms with Crippen LogP contribution in [0, 0.1) is 13.8 Å². The van der Waals surface area contributed by atoms with Crippen LogP contribution < -0.4 is 9.47 Å². The number of aryl methyl sites for hydroxylation is 2. The van der Waals surface area contributed by atoms with Gasteiger partial charge in [0.1, 0.15) is 11.1 Å². The summed E-state index contributed by atoms with van der Waals surface area (Å²) in [5.74, 6) is -6.66. The average Bonchev–Trinajstić information content (AvgIpc) is 3.04. The maximum absolute atomic E-state index is 13.1. The fourth-order valence-corrected chi connectivity index (χ4v) is 5.61. The van der Waals surface area contributed by atoms with Crippen LogP contribution in [0.1, 0.15) is 43.0 Å². The van der Waals surface area contributed by atoms with Crippen LogP contribution in [0.5, 0.6) is 11.5 Å². The highest BCUT2D eigenvalue weighted by molar-refractivity contribution is 6.47. The van der Waals surface area contributed by atoms with Gasteiger partial charge < -0.3 is 18.9 Å². The molecule has 14 heteroatoms. The van der Waals surface area contributed by atoms with Crippen LogP contribution in [-0.4, -0.2) is 37.1 Å². The first-order valence-electron chi connectivity index (χ1n) is 14.0. The van der Waals surface area contributed by atoms with Crippen molar-refractivity contribution in [2.24, 2.45) is 0 Å². The lowest BCUT2D eigenvalue weighted by Gasteiger charge is -2.15. The standard InChI is InChI=1S/C34H24Cl6O8/c1-17-3-7-19(8-4-17)11-13-45-31(41)25-27(39)21(35)15-23(37)29(25)47-33(43)34(44)48-30-24(38)16-22(36)28(40)26(30)32(42)46-14-12-20-9-5-18(2)6-10-20/h3-10,15-16H,11-14H2,1-2H3. The zero-order valence-electron chi connectivity index (χ0n) is 25.1. The summed E-state index contributed by atoms with van der Waals surface area (Å²) in [6.07, 6.45) is 0.723. The fraction of sp³-hybridized carbons (Fsp3) is 0.176. The van der Waals surface area contributed by atoms with Crippen molar-refractivity contribution in [2.45, 2.75) is 26.7 Å². The predicted molar refractivity (Wildman–Crippen MR) is 185 cm³/mol. The van der Waals surface area contributed by atoms with Crippen LogP contribution in [0.4, 0.5) is 0 Å². The van der Waals surface area contributed by atoms with Crippen LogP contribution in [0.2, 0.25) is 30.1 Å². The van der Waals surface area contributed by atoms with Crippen molar-refractivity contribution in [1.29, 1.82) is 0 Å². The molecule has 0 aromatic heterocycles. The molecule has 0 unspecified atom stereocenters. The smallest absolute Gasteiger partial charge is 0.423 e. The summed E-state index contributed by atoms with van der Waals surface area (Å²) >= 11 is 37.3. The molecule has 0 aliphatic heterocycles. The van der Waals surface area contributed by atoms with Crippen molar-refractivity contribution in [2.75, 3.05) is 13.2 Å². The molecule has 4 aromatic rings. The maximum atomic E-state index is 13.1. The normalized spacial score (nSPS) is 10.8. The molecule has 8 nitrogen and oxygen atoms in total. The summed E-state index contributed by atoms with van der Waals surface area (Å²) in [6, 6.07) is 17.3. The van der Waals surface area contributed by atoms with E-state index in [0.717, 1.165) is 34.4 Å². The number of hydrogen-bond donors (Lipinski definition) is 0. The van der Waals surface area contributed by atoms with Gasteiger partial charge in [0, 0.05) is 12.8 Å². The third kappa shape index (κ3) is 9.35. The highest BCUT2D eigenvalue weighted by atomic mass is 35.5. The van der Waals surface area contributed by atoms with Gasteiger partial charge in [-0.1, -0.05) is 129 Å². The Hall–Kier alpha value is -3.50. The molecule has 0 saturated carbocycles. The first-order chi connectivity index (χ1) is 22.8. The highest BCUT2D eigenvalue weighted by Crippen LogP contribution is 2.41. The summed E-state index contributed by atoms with van der Waals surface area (Å²) in [5.41, 5.74) is 2.90. The molecule has 0 bridgehead atoms. The third-order valence-electron chi connectivity index (χ3n) is 6.71. The van der Waals surface area contributed by atoms with Crippen molar-refractivity contribution in [3.63, 3.8) is 0 Å². The second-order valence-electron chi connectivity index (χ2n) is 10.2. The van der Waals surface area contributed by atoms with Crippen LogP contribution in [0.15, 0.2) is 60.7 Å². The van der Waals surface area contributed by atoms with Gasteiger partial charge in [0.2, 0.25) is 0 Å². The lowest BCUT2D eigenvalue weighted by Crippen LogP contribution is -2.27. The van der Waals surface area contributed by atoms with E-state index in [1.54, 1.807) is 0 Å². The third-order valence-corrected chi connectivity index (χ3v) is 8.84. The van der Waals surface area contributed by atoms with Crippen molar-refractivity contribution >= 4 is 93.5 Å². The number of benzene rings is 4. The van der Waals surface area contributed by atoms with E-state index in [1.807, 2.05) is 62.4 Å². The van der Waals surface area contributed by atoms with Gasteiger partial charge in [0.25, 0.3) is 0 Å². The van der Waals surface area contributed by atoms with E-state index in [9.17, 15) is 19.2 Å². The van der Waals surface area contributed by atoms with E-state index in [2.05, 4.69) is 0 Å². The molecule has 250 valence electrons. The molecule has 4 rings (SSSR count). The van der Waals surface area contributed by atoms with Crippen molar-refractivity contribution in [3.05, 3.63) is 124 Å². The van der Waals surface area contributed by atoms with Gasteiger partial charge >= 0.3 is 23.9 Å². The Morgan fingerprint density at radius 3 is 1.19 bits per heavy atom. The van der Waals surface area contributed by atoms with E-state index in [1.165, 1.54) is 0 Å². The van der Waals surface area contributed by atoms with Crippen molar-refractivity contribution in [3.8, 4) is 11.5 Å². The number of esters is 4. The van der Waals surface area contributed by atoms with E-state index in [4.69, 9.17) is 88.6 Å². The molecule has 0 saturated heterocycles. The number of carbonyl (C=O) groups is 4. The Morgan fingerprint density at radius 1 is 0.521 bits per heavy atom. The molecule has 48 heavy (non-hydrogen) atoms. The fourth-order valence-electron chi connectivity index (χ4n) is 4.17. The zero-order chi connectivity index (χ0) is 35.1. The Bertz CT molecular complexity index is 1740. The summed E-state index contributed by atoms with van der Waals surface area (Å²) in [7, 11) is 0. The van der Waals surface area contributed by atoms with Crippen LogP contribution in [0.3, 0.4) is 0 Å². The molecule has 0 radical (unpaired) electrons. The maximum Gasteiger partial charge on any atom is 0.423 e.